The number of nitrogens with zero attached hydrogens (tertiary/aromatic N) is 1. The van der Waals surface area contributed by atoms with Crippen molar-refractivity contribution in [3.05, 3.63) is 71.0 Å². The first-order valence-electron chi connectivity index (χ1n) is 14.1. The fourth-order valence-electron chi connectivity index (χ4n) is 5.11. The molecule has 0 radical (unpaired) electrons. The van der Waals surface area contributed by atoms with Crippen molar-refractivity contribution in [1.29, 1.82) is 0 Å². The van der Waals surface area contributed by atoms with Gasteiger partial charge in [0.15, 0.2) is 11.6 Å². The Morgan fingerprint density at radius 2 is 1.77 bits per heavy atom. The maximum absolute atomic E-state index is 14.0. The van der Waals surface area contributed by atoms with Crippen molar-refractivity contribution in [1.82, 2.24) is 15.5 Å². The van der Waals surface area contributed by atoms with Crippen LogP contribution in [0.2, 0.25) is 0 Å². The Hall–Kier alpha value is -3.97. The van der Waals surface area contributed by atoms with Crippen LogP contribution >= 0.6 is 0 Å². The predicted molar refractivity (Wildman–Crippen MR) is 150 cm³/mol. The van der Waals surface area contributed by atoms with Gasteiger partial charge in [-0.3, -0.25) is 19.7 Å². The minimum absolute atomic E-state index is 0.0676. The summed E-state index contributed by atoms with van der Waals surface area (Å²) in [5.41, 5.74) is 6.74. The first-order chi connectivity index (χ1) is 20.4. The summed E-state index contributed by atoms with van der Waals surface area (Å²) in [7, 11) is 0. The summed E-state index contributed by atoms with van der Waals surface area (Å²) < 4.78 is 45.8. The molecule has 10 nitrogen and oxygen atoms in total. The van der Waals surface area contributed by atoms with Crippen molar-refractivity contribution in [2.75, 3.05) is 13.2 Å². The zero-order chi connectivity index (χ0) is 31.7. The molecule has 1 unspecified atom stereocenters. The van der Waals surface area contributed by atoms with E-state index in [1.807, 2.05) is 30.3 Å². The van der Waals surface area contributed by atoms with Crippen molar-refractivity contribution in [3.63, 3.8) is 0 Å². The lowest BCUT2D eigenvalue weighted by Gasteiger charge is -2.28. The zero-order valence-electron chi connectivity index (χ0n) is 24.0. The summed E-state index contributed by atoms with van der Waals surface area (Å²) in [6, 6.07) is 5.92. The average molecular weight is 607 g/mol. The minimum atomic E-state index is -1.34. The van der Waals surface area contributed by atoms with E-state index in [1.54, 1.807) is 6.92 Å². The van der Waals surface area contributed by atoms with Crippen molar-refractivity contribution >= 4 is 23.8 Å². The standard InChI is InChI=1S/C30H37F3N4O6/c1-3-43-30(42)25(10-9-18-7-5-4-6-8-18)35-17(2)28(39)37-16-21(14-26(37)29(40)41)36-27(38)13-20(34)11-19-12-23(32)24(33)15-22(19)31/h4-8,12,15,17,20-21,25-26,35H,3,9-11,13-14,16,34H2,1-2H3,(H,36,38)(H,40,41)/t17-,20-,21+,25?,26+/m1/s1. The topological polar surface area (TPSA) is 151 Å². The van der Waals surface area contributed by atoms with Gasteiger partial charge in [0, 0.05) is 37.5 Å². The number of benzene rings is 2. The molecule has 43 heavy (non-hydrogen) atoms. The molecule has 0 aliphatic carbocycles. The monoisotopic (exact) mass is 606 g/mol. The van der Waals surface area contributed by atoms with Crippen molar-refractivity contribution in [2.45, 2.75) is 76.2 Å². The van der Waals surface area contributed by atoms with Crippen LogP contribution in [0.1, 0.15) is 44.2 Å². The van der Waals surface area contributed by atoms with Gasteiger partial charge in [-0.2, -0.15) is 0 Å². The molecule has 1 saturated heterocycles. The third kappa shape index (κ3) is 9.52. The van der Waals surface area contributed by atoms with Gasteiger partial charge >= 0.3 is 11.9 Å². The molecule has 1 aliphatic heterocycles. The highest BCUT2D eigenvalue weighted by atomic mass is 19.2. The quantitative estimate of drug-likeness (QED) is 0.189. The number of nitrogens with two attached hydrogens (primary N) is 1. The molecule has 2 aromatic rings. The van der Waals surface area contributed by atoms with Crippen LogP contribution < -0.4 is 16.4 Å². The van der Waals surface area contributed by atoms with E-state index in [0.29, 0.717) is 25.0 Å². The molecule has 0 saturated carbocycles. The SMILES string of the molecule is CCOC(=O)C(CCc1ccccc1)N[C@H](C)C(=O)N1C[C@@H](NC(=O)C[C@H](N)Cc2cc(F)c(F)cc2F)C[C@H]1C(=O)O. The fraction of sp³-hybridized carbons (Fsp3) is 0.467. The molecule has 0 aromatic heterocycles. The van der Waals surface area contributed by atoms with Crippen LogP contribution in [0.3, 0.4) is 0 Å². The minimum Gasteiger partial charge on any atom is -0.480 e. The highest BCUT2D eigenvalue weighted by Gasteiger charge is 2.42. The largest absolute Gasteiger partial charge is 0.480 e. The summed E-state index contributed by atoms with van der Waals surface area (Å²) in [5, 5.41) is 15.4. The van der Waals surface area contributed by atoms with E-state index >= 15 is 0 Å². The van der Waals surface area contributed by atoms with Crippen LogP contribution in [0, 0.1) is 17.5 Å². The lowest BCUT2D eigenvalue weighted by molar-refractivity contribution is -0.150. The Morgan fingerprint density at radius 3 is 2.42 bits per heavy atom. The summed E-state index contributed by atoms with van der Waals surface area (Å²) >= 11 is 0. The van der Waals surface area contributed by atoms with E-state index < -0.39 is 71.4 Å². The normalized spacial score (nSPS) is 18.5. The number of carbonyl (C=O) groups is 4. The van der Waals surface area contributed by atoms with E-state index in [9.17, 15) is 37.5 Å². The molecule has 5 N–H and O–H groups in total. The highest BCUT2D eigenvalue weighted by molar-refractivity contribution is 5.88. The van der Waals surface area contributed by atoms with Crippen molar-refractivity contribution in [3.8, 4) is 0 Å². The number of aliphatic carboxylic acids is 1. The Labute approximate surface area is 247 Å². The van der Waals surface area contributed by atoms with Gasteiger partial charge in [0.25, 0.3) is 0 Å². The number of hydrogen-bond donors (Lipinski definition) is 4. The van der Waals surface area contributed by atoms with Crippen LogP contribution in [0.5, 0.6) is 0 Å². The zero-order valence-corrected chi connectivity index (χ0v) is 24.0. The van der Waals surface area contributed by atoms with Crippen LogP contribution in [-0.4, -0.2) is 77.1 Å². The maximum Gasteiger partial charge on any atom is 0.326 e. The van der Waals surface area contributed by atoms with Gasteiger partial charge in [-0.1, -0.05) is 30.3 Å². The molecule has 0 bridgehead atoms. The average Bonchev–Trinajstić information content (AvgIpc) is 3.37. The Morgan fingerprint density at radius 1 is 1.09 bits per heavy atom. The first-order valence-corrected chi connectivity index (χ1v) is 14.1. The predicted octanol–water partition coefficient (Wildman–Crippen LogP) is 2.08. The number of amides is 2. The molecular weight excluding hydrogens is 569 g/mol. The number of rotatable bonds is 14. The molecule has 1 aliphatic rings. The molecule has 1 heterocycles. The molecule has 2 aromatic carbocycles. The molecule has 2 amide bonds. The lowest BCUT2D eigenvalue weighted by Crippen LogP contribution is -2.53. The van der Waals surface area contributed by atoms with E-state index in [4.69, 9.17) is 10.5 Å². The smallest absolute Gasteiger partial charge is 0.326 e. The first kappa shape index (κ1) is 33.5. The fourth-order valence-corrected chi connectivity index (χ4v) is 5.11. The van der Waals surface area contributed by atoms with Gasteiger partial charge in [-0.25, -0.2) is 18.0 Å². The number of ether oxygens (including phenoxy) is 1. The molecule has 0 spiro atoms. The molecule has 234 valence electrons. The number of carboxylic acid groups (broad SMARTS) is 1. The van der Waals surface area contributed by atoms with Crippen molar-refractivity contribution in [2.24, 2.45) is 5.73 Å². The third-order valence-electron chi connectivity index (χ3n) is 7.21. The molecule has 5 atom stereocenters. The van der Waals surface area contributed by atoms with Crippen LogP contribution in [-0.2, 0) is 36.8 Å². The van der Waals surface area contributed by atoms with E-state index in [1.165, 1.54) is 6.92 Å². The molecule has 1 fully saturated rings. The third-order valence-corrected chi connectivity index (χ3v) is 7.21. The van der Waals surface area contributed by atoms with Crippen molar-refractivity contribution < 1.29 is 42.2 Å². The number of aryl methyl sites for hydroxylation is 1. The lowest BCUT2D eigenvalue weighted by atomic mass is 10.0. The Balaban J connectivity index is 1.59. The second-order valence-electron chi connectivity index (χ2n) is 10.6. The number of carboxylic acids is 1. The second kappa shape index (κ2) is 15.5. The molecular formula is C30H37F3N4O6. The number of nitrogens with one attached hydrogen (secondary N) is 2. The molecule has 13 heteroatoms. The van der Waals surface area contributed by atoms with E-state index in [-0.39, 0.29) is 38.0 Å². The summed E-state index contributed by atoms with van der Waals surface area (Å²) in [6.07, 6.45) is 0.274. The Bertz CT molecular complexity index is 1300. The Kier molecular flexibility index (Phi) is 12.1. The number of hydrogen-bond acceptors (Lipinski definition) is 7. The van der Waals surface area contributed by atoms with Gasteiger partial charge in [0.2, 0.25) is 11.8 Å². The van der Waals surface area contributed by atoms with Gasteiger partial charge < -0.3 is 25.8 Å². The van der Waals surface area contributed by atoms with Crippen LogP contribution in [0.25, 0.3) is 0 Å². The summed E-state index contributed by atoms with van der Waals surface area (Å²) in [4.78, 5) is 51.8. The van der Waals surface area contributed by atoms with Gasteiger partial charge in [0.05, 0.1) is 12.6 Å². The summed E-state index contributed by atoms with van der Waals surface area (Å²) in [5.74, 6) is -6.49. The number of likely N-dealkylation sites (tertiary alicyclic amines) is 1. The van der Waals surface area contributed by atoms with Gasteiger partial charge in [-0.05, 0) is 50.3 Å². The summed E-state index contributed by atoms with van der Waals surface area (Å²) in [6.45, 7) is 3.25. The van der Waals surface area contributed by atoms with Gasteiger partial charge in [-0.15, -0.1) is 0 Å². The van der Waals surface area contributed by atoms with Gasteiger partial charge in [0.1, 0.15) is 17.9 Å². The van der Waals surface area contributed by atoms with E-state index in [2.05, 4.69) is 10.6 Å². The second-order valence-corrected chi connectivity index (χ2v) is 10.6. The molecule has 3 rings (SSSR count). The highest BCUT2D eigenvalue weighted by Crippen LogP contribution is 2.21. The maximum atomic E-state index is 14.0. The van der Waals surface area contributed by atoms with E-state index in [0.717, 1.165) is 10.5 Å². The van der Waals surface area contributed by atoms with Crippen LogP contribution in [0.15, 0.2) is 42.5 Å². The number of halogens is 3. The number of esters is 1. The van der Waals surface area contributed by atoms with Crippen LogP contribution in [0.4, 0.5) is 13.2 Å². The number of carbonyl (C=O) groups excluding carboxylic acids is 3.